The van der Waals surface area contributed by atoms with Crippen LogP contribution in [0.25, 0.3) is 0 Å². The van der Waals surface area contributed by atoms with E-state index in [2.05, 4.69) is 4.72 Å². The Morgan fingerprint density at radius 2 is 1.74 bits per heavy atom. The Labute approximate surface area is 134 Å². The molecule has 4 nitrogen and oxygen atoms in total. The zero-order chi connectivity index (χ0) is 17.0. The van der Waals surface area contributed by atoms with Gasteiger partial charge in [-0.3, -0.25) is 4.72 Å². The van der Waals surface area contributed by atoms with E-state index in [4.69, 9.17) is 4.74 Å². The number of aryl methyl sites for hydroxylation is 1. The number of anilines is 1. The number of benzene rings is 2. The van der Waals surface area contributed by atoms with E-state index in [1.807, 2.05) is 6.92 Å². The summed E-state index contributed by atoms with van der Waals surface area (Å²) in [4.78, 5) is 0. The molecule has 0 bridgehead atoms. The van der Waals surface area contributed by atoms with Crippen molar-refractivity contribution in [2.45, 2.75) is 20.3 Å². The average molecular weight is 341 g/mol. The van der Waals surface area contributed by atoms with Crippen molar-refractivity contribution in [3.05, 3.63) is 53.6 Å². The van der Waals surface area contributed by atoms with Crippen molar-refractivity contribution in [3.8, 4) is 11.5 Å². The topological polar surface area (TPSA) is 55.4 Å². The Kier molecular flexibility index (Phi) is 5.20. The van der Waals surface area contributed by atoms with Gasteiger partial charge in [0.2, 0.25) is 10.0 Å². The van der Waals surface area contributed by atoms with E-state index in [1.54, 1.807) is 12.1 Å². The predicted molar refractivity (Wildman–Crippen MR) is 85.3 cm³/mol. The Morgan fingerprint density at radius 3 is 2.35 bits per heavy atom. The number of nitrogens with one attached hydrogen (secondary N) is 1. The molecule has 0 aliphatic carbocycles. The molecule has 0 aromatic heterocycles. The fraction of sp³-hybridized carbons (Fsp3) is 0.250. The number of ether oxygens (including phenoxy) is 1. The van der Waals surface area contributed by atoms with Crippen molar-refractivity contribution in [3.63, 3.8) is 0 Å². The maximum atomic E-state index is 13.7. The molecule has 0 spiro atoms. The number of halogens is 2. The zero-order valence-electron chi connectivity index (χ0n) is 12.8. The van der Waals surface area contributed by atoms with Crippen LogP contribution in [0.3, 0.4) is 0 Å². The molecule has 0 aliphatic heterocycles. The summed E-state index contributed by atoms with van der Waals surface area (Å²) in [6.07, 6.45) is 0.555. The fourth-order valence-electron chi connectivity index (χ4n) is 1.95. The standard InChI is InChI=1S/C16H17F2NO3S/c1-3-11-9-13(19-23(20,21)4-2)6-8-15(11)22-16-7-5-12(17)10-14(16)18/h5-10,19H,3-4H2,1-2H3. The van der Waals surface area contributed by atoms with Crippen molar-refractivity contribution < 1.29 is 21.9 Å². The van der Waals surface area contributed by atoms with E-state index in [0.717, 1.165) is 12.1 Å². The highest BCUT2D eigenvalue weighted by molar-refractivity contribution is 7.92. The molecule has 0 heterocycles. The molecule has 0 saturated heterocycles. The van der Waals surface area contributed by atoms with Crippen molar-refractivity contribution in [1.29, 1.82) is 0 Å². The fourth-order valence-corrected chi connectivity index (χ4v) is 2.58. The molecule has 0 fully saturated rings. The summed E-state index contributed by atoms with van der Waals surface area (Å²) in [6.45, 7) is 3.40. The van der Waals surface area contributed by atoms with Crippen LogP contribution in [-0.4, -0.2) is 14.2 Å². The van der Waals surface area contributed by atoms with E-state index in [-0.39, 0.29) is 11.5 Å². The summed E-state index contributed by atoms with van der Waals surface area (Å²) >= 11 is 0. The third kappa shape index (κ3) is 4.41. The monoisotopic (exact) mass is 341 g/mol. The molecule has 2 aromatic carbocycles. The molecule has 0 unspecified atom stereocenters. The van der Waals surface area contributed by atoms with Gasteiger partial charge in [-0.25, -0.2) is 17.2 Å². The van der Waals surface area contributed by atoms with Crippen LogP contribution in [0.15, 0.2) is 36.4 Å². The van der Waals surface area contributed by atoms with Gasteiger partial charge in [0.1, 0.15) is 11.6 Å². The summed E-state index contributed by atoms with van der Waals surface area (Å²) in [6, 6.07) is 7.76. The van der Waals surface area contributed by atoms with Gasteiger partial charge in [-0.15, -0.1) is 0 Å². The molecule has 0 radical (unpaired) electrons. The highest BCUT2D eigenvalue weighted by atomic mass is 32.2. The van der Waals surface area contributed by atoms with Gasteiger partial charge < -0.3 is 4.74 Å². The summed E-state index contributed by atoms with van der Waals surface area (Å²) in [7, 11) is -3.37. The third-order valence-corrected chi connectivity index (χ3v) is 4.52. The first-order chi connectivity index (χ1) is 10.8. The van der Waals surface area contributed by atoms with E-state index in [9.17, 15) is 17.2 Å². The summed E-state index contributed by atoms with van der Waals surface area (Å²) in [5.74, 6) is -1.23. The van der Waals surface area contributed by atoms with Crippen molar-refractivity contribution in [2.24, 2.45) is 0 Å². The van der Waals surface area contributed by atoms with E-state index in [0.29, 0.717) is 23.4 Å². The van der Waals surface area contributed by atoms with Gasteiger partial charge >= 0.3 is 0 Å². The first-order valence-electron chi connectivity index (χ1n) is 7.11. The maximum Gasteiger partial charge on any atom is 0.232 e. The minimum Gasteiger partial charge on any atom is -0.454 e. The molecule has 124 valence electrons. The Balaban J connectivity index is 2.29. The Bertz CT molecular complexity index is 807. The van der Waals surface area contributed by atoms with E-state index in [1.165, 1.54) is 19.1 Å². The lowest BCUT2D eigenvalue weighted by Gasteiger charge is -2.13. The molecule has 0 atom stereocenters. The van der Waals surface area contributed by atoms with Crippen molar-refractivity contribution >= 4 is 15.7 Å². The lowest BCUT2D eigenvalue weighted by atomic mass is 10.1. The molecule has 0 saturated carbocycles. The van der Waals surface area contributed by atoms with Gasteiger partial charge in [-0.2, -0.15) is 0 Å². The van der Waals surface area contributed by atoms with Crippen LogP contribution in [0.4, 0.5) is 14.5 Å². The van der Waals surface area contributed by atoms with Gasteiger partial charge in [0.05, 0.1) is 5.75 Å². The summed E-state index contributed by atoms with van der Waals surface area (Å²) in [5.41, 5.74) is 1.11. The number of hydrogen-bond acceptors (Lipinski definition) is 3. The Hall–Kier alpha value is -2.15. The highest BCUT2D eigenvalue weighted by Gasteiger charge is 2.12. The van der Waals surface area contributed by atoms with E-state index >= 15 is 0 Å². The van der Waals surface area contributed by atoms with Crippen molar-refractivity contribution in [2.75, 3.05) is 10.5 Å². The second-order valence-corrected chi connectivity index (χ2v) is 6.87. The molecule has 2 rings (SSSR count). The SMILES string of the molecule is CCc1cc(NS(=O)(=O)CC)ccc1Oc1ccc(F)cc1F. The lowest BCUT2D eigenvalue weighted by Crippen LogP contribution is -2.14. The first kappa shape index (κ1) is 17.2. The van der Waals surface area contributed by atoms with E-state index < -0.39 is 21.7 Å². The normalized spacial score (nSPS) is 11.3. The van der Waals surface area contributed by atoms with Crippen LogP contribution < -0.4 is 9.46 Å². The molecular formula is C16H17F2NO3S. The third-order valence-electron chi connectivity index (χ3n) is 3.21. The Morgan fingerprint density at radius 1 is 1.04 bits per heavy atom. The quantitative estimate of drug-likeness (QED) is 0.861. The van der Waals surface area contributed by atoms with Gasteiger partial charge in [0.15, 0.2) is 11.6 Å². The van der Waals surface area contributed by atoms with Crippen LogP contribution in [-0.2, 0) is 16.4 Å². The van der Waals surface area contributed by atoms with Gasteiger partial charge in [-0.1, -0.05) is 6.92 Å². The minimum absolute atomic E-state index is 0.0342. The largest absolute Gasteiger partial charge is 0.454 e. The maximum absolute atomic E-state index is 13.7. The summed E-state index contributed by atoms with van der Waals surface area (Å²) < 4.78 is 57.7. The average Bonchev–Trinajstić information content (AvgIpc) is 2.51. The van der Waals surface area contributed by atoms with Crippen LogP contribution >= 0.6 is 0 Å². The second kappa shape index (κ2) is 6.95. The van der Waals surface area contributed by atoms with Gasteiger partial charge in [0, 0.05) is 11.8 Å². The highest BCUT2D eigenvalue weighted by Crippen LogP contribution is 2.30. The lowest BCUT2D eigenvalue weighted by molar-refractivity contribution is 0.434. The summed E-state index contributed by atoms with van der Waals surface area (Å²) in [5, 5.41) is 0. The molecule has 23 heavy (non-hydrogen) atoms. The number of rotatable bonds is 6. The first-order valence-corrected chi connectivity index (χ1v) is 8.76. The molecule has 1 N–H and O–H groups in total. The van der Waals surface area contributed by atoms with Crippen LogP contribution in [0.2, 0.25) is 0 Å². The van der Waals surface area contributed by atoms with Crippen molar-refractivity contribution in [1.82, 2.24) is 0 Å². The molecule has 0 aliphatic rings. The predicted octanol–water partition coefficient (Wildman–Crippen LogP) is 4.08. The van der Waals surface area contributed by atoms with Gasteiger partial charge in [-0.05, 0) is 49.2 Å². The molecule has 7 heteroatoms. The number of sulfonamides is 1. The molecular weight excluding hydrogens is 324 g/mol. The molecule has 2 aromatic rings. The van der Waals surface area contributed by atoms with Crippen LogP contribution in [0.1, 0.15) is 19.4 Å². The number of hydrogen-bond donors (Lipinski definition) is 1. The second-order valence-electron chi connectivity index (χ2n) is 4.86. The minimum atomic E-state index is -3.37. The zero-order valence-corrected chi connectivity index (χ0v) is 13.6. The van der Waals surface area contributed by atoms with Crippen LogP contribution in [0.5, 0.6) is 11.5 Å². The smallest absolute Gasteiger partial charge is 0.232 e. The molecule has 0 amide bonds. The van der Waals surface area contributed by atoms with Gasteiger partial charge in [0.25, 0.3) is 0 Å². The van der Waals surface area contributed by atoms with Crippen LogP contribution in [0, 0.1) is 11.6 Å².